The number of carbonyl (C=O) groups is 1. The first-order valence-electron chi connectivity index (χ1n) is 10.1. The molecule has 184 valence electrons. The van der Waals surface area contributed by atoms with E-state index in [4.69, 9.17) is 20.4 Å². The minimum absolute atomic E-state index is 0.0569. The van der Waals surface area contributed by atoms with Crippen molar-refractivity contribution in [1.82, 2.24) is 9.21 Å². The average Bonchev–Trinajstić information content (AvgIpc) is 2.74. The maximum Gasteiger partial charge on any atom is 0.303 e. The molecule has 0 bridgehead atoms. The van der Waals surface area contributed by atoms with Crippen molar-refractivity contribution in [2.75, 3.05) is 53.0 Å². The number of hydrogen-bond donors (Lipinski definition) is 4. The first kappa shape index (κ1) is 29.8. The Morgan fingerprint density at radius 1 is 1.00 bits per heavy atom. The van der Waals surface area contributed by atoms with Gasteiger partial charge in [0.05, 0.1) is 29.6 Å². The quantitative estimate of drug-likeness (QED) is 0.153. The normalized spacial score (nSPS) is 11.3. The first-order valence-corrected chi connectivity index (χ1v) is 11.5. The molecule has 0 atom stereocenters. The number of nitro benzene ring substituents is 1. The van der Waals surface area contributed by atoms with Gasteiger partial charge in [0.25, 0.3) is 5.69 Å². The molecule has 4 N–H and O–H groups in total. The molecule has 1 aromatic rings. The molecular formula is C19H33N3O9S. The topological polar surface area (TPSA) is 182 Å². The number of hydrogen-bond acceptors (Lipinski definition) is 9. The summed E-state index contributed by atoms with van der Waals surface area (Å²) in [7, 11) is -2.39. The van der Waals surface area contributed by atoms with Crippen LogP contribution in [0, 0.1) is 10.1 Å². The SMILES string of the molecule is CN(CCCCCC(=O)O)S(=O)(=O)c1cccc([N+](=O)[O-])c1.OCCN(CCO)CCO. The van der Waals surface area contributed by atoms with E-state index in [0.29, 0.717) is 38.9 Å². The summed E-state index contributed by atoms with van der Waals surface area (Å²) in [6.45, 7) is 1.98. The van der Waals surface area contributed by atoms with Crippen LogP contribution in [0.25, 0.3) is 0 Å². The van der Waals surface area contributed by atoms with Gasteiger partial charge in [-0.2, -0.15) is 0 Å². The van der Waals surface area contributed by atoms with Crippen molar-refractivity contribution in [2.24, 2.45) is 0 Å². The number of aliphatic hydroxyl groups is 3. The Labute approximate surface area is 187 Å². The zero-order valence-electron chi connectivity index (χ0n) is 18.2. The van der Waals surface area contributed by atoms with E-state index in [0.717, 1.165) is 10.4 Å². The Morgan fingerprint density at radius 3 is 2.03 bits per heavy atom. The van der Waals surface area contributed by atoms with Gasteiger partial charge >= 0.3 is 5.97 Å². The number of non-ortho nitro benzene ring substituents is 1. The monoisotopic (exact) mass is 479 g/mol. The molecule has 0 radical (unpaired) electrons. The standard InChI is InChI=1S/C13H18N2O6S.C6H15NO3/c1-14(9-4-2-3-8-13(16)17)22(20,21)12-7-5-6-11(10-12)15(18)19;8-4-1-7(2-5-9)3-6-10/h5-7,10H,2-4,8-9H2,1H3,(H,16,17);8-10H,1-6H2. The molecular weight excluding hydrogens is 446 g/mol. The fourth-order valence-electron chi connectivity index (χ4n) is 2.60. The van der Waals surface area contributed by atoms with Crippen LogP contribution < -0.4 is 0 Å². The predicted octanol–water partition coefficient (Wildman–Crippen LogP) is 0.126. The fourth-order valence-corrected chi connectivity index (χ4v) is 3.85. The zero-order valence-corrected chi connectivity index (χ0v) is 19.0. The van der Waals surface area contributed by atoms with E-state index in [1.165, 1.54) is 25.2 Å². The van der Waals surface area contributed by atoms with Crippen LogP contribution in [0.3, 0.4) is 0 Å². The highest BCUT2D eigenvalue weighted by Crippen LogP contribution is 2.20. The maximum absolute atomic E-state index is 12.3. The molecule has 0 amide bonds. The molecule has 1 aromatic carbocycles. The van der Waals surface area contributed by atoms with Gasteiger partial charge in [0, 0.05) is 51.8 Å². The van der Waals surface area contributed by atoms with E-state index in [2.05, 4.69) is 0 Å². The van der Waals surface area contributed by atoms with Crippen molar-refractivity contribution in [2.45, 2.75) is 30.6 Å². The van der Waals surface area contributed by atoms with Crippen LogP contribution in [0.1, 0.15) is 25.7 Å². The van der Waals surface area contributed by atoms with Gasteiger partial charge in [-0.3, -0.25) is 19.8 Å². The lowest BCUT2D eigenvalue weighted by atomic mass is 10.2. The summed E-state index contributed by atoms with van der Waals surface area (Å²) < 4.78 is 25.7. The Hall–Kier alpha value is -2.16. The molecule has 0 fully saturated rings. The second-order valence-electron chi connectivity index (χ2n) is 6.80. The molecule has 12 nitrogen and oxygen atoms in total. The molecule has 0 aromatic heterocycles. The molecule has 32 heavy (non-hydrogen) atoms. The van der Waals surface area contributed by atoms with Crippen molar-refractivity contribution in [3.05, 3.63) is 34.4 Å². The summed E-state index contributed by atoms with van der Waals surface area (Å²) in [6.07, 6.45) is 1.67. The summed E-state index contributed by atoms with van der Waals surface area (Å²) in [4.78, 5) is 22.1. The van der Waals surface area contributed by atoms with Gasteiger partial charge in [-0.05, 0) is 18.9 Å². The number of sulfonamides is 1. The highest BCUT2D eigenvalue weighted by Gasteiger charge is 2.22. The summed E-state index contributed by atoms with van der Waals surface area (Å²) in [6, 6.07) is 4.89. The average molecular weight is 480 g/mol. The molecule has 0 spiro atoms. The van der Waals surface area contributed by atoms with Crippen molar-refractivity contribution in [3.63, 3.8) is 0 Å². The third kappa shape index (κ3) is 12.0. The lowest BCUT2D eigenvalue weighted by Crippen LogP contribution is -2.32. The van der Waals surface area contributed by atoms with E-state index < -0.39 is 20.9 Å². The van der Waals surface area contributed by atoms with E-state index in [1.54, 1.807) is 4.90 Å². The van der Waals surface area contributed by atoms with E-state index in [9.17, 15) is 23.3 Å². The van der Waals surface area contributed by atoms with Gasteiger partial charge in [-0.25, -0.2) is 12.7 Å². The third-order valence-electron chi connectivity index (χ3n) is 4.35. The highest BCUT2D eigenvalue weighted by atomic mass is 32.2. The molecule has 0 aliphatic carbocycles. The number of aliphatic hydroxyl groups excluding tert-OH is 3. The van der Waals surface area contributed by atoms with Crippen LogP contribution in [-0.4, -0.2) is 102 Å². The molecule has 1 rings (SSSR count). The highest BCUT2D eigenvalue weighted by molar-refractivity contribution is 7.89. The minimum Gasteiger partial charge on any atom is -0.481 e. The number of benzene rings is 1. The first-order chi connectivity index (χ1) is 15.1. The lowest BCUT2D eigenvalue weighted by molar-refractivity contribution is -0.385. The maximum atomic E-state index is 12.3. The number of nitro groups is 1. The fraction of sp³-hybridized carbons (Fsp3) is 0.632. The van der Waals surface area contributed by atoms with Crippen LogP contribution in [0.2, 0.25) is 0 Å². The second kappa shape index (κ2) is 16.5. The smallest absolute Gasteiger partial charge is 0.303 e. The van der Waals surface area contributed by atoms with E-state index >= 15 is 0 Å². The summed E-state index contributed by atoms with van der Waals surface area (Å²) in [5.41, 5.74) is -0.282. The van der Waals surface area contributed by atoms with Gasteiger partial charge in [-0.15, -0.1) is 0 Å². The van der Waals surface area contributed by atoms with Crippen LogP contribution in [0.5, 0.6) is 0 Å². The van der Waals surface area contributed by atoms with E-state index in [1.807, 2.05) is 0 Å². The number of carboxylic acids is 1. The summed E-state index contributed by atoms with van der Waals surface area (Å²) >= 11 is 0. The molecule has 0 saturated heterocycles. The largest absolute Gasteiger partial charge is 0.481 e. The number of nitrogens with zero attached hydrogens (tertiary/aromatic N) is 3. The Bertz CT molecular complexity index is 776. The molecule has 0 heterocycles. The Balaban J connectivity index is 0.000000809. The number of carboxylic acid groups (broad SMARTS) is 1. The van der Waals surface area contributed by atoms with Crippen molar-refractivity contribution in [3.8, 4) is 0 Å². The minimum atomic E-state index is -3.79. The third-order valence-corrected chi connectivity index (χ3v) is 6.20. The van der Waals surface area contributed by atoms with Crippen LogP contribution in [0.4, 0.5) is 5.69 Å². The number of aliphatic carboxylic acids is 1. The second-order valence-corrected chi connectivity index (χ2v) is 8.84. The van der Waals surface area contributed by atoms with Crippen LogP contribution >= 0.6 is 0 Å². The van der Waals surface area contributed by atoms with Gasteiger partial charge in [0.1, 0.15) is 0 Å². The van der Waals surface area contributed by atoms with Gasteiger partial charge in [-0.1, -0.05) is 12.5 Å². The Morgan fingerprint density at radius 2 is 1.56 bits per heavy atom. The predicted molar refractivity (Wildman–Crippen MR) is 117 cm³/mol. The van der Waals surface area contributed by atoms with Crippen molar-refractivity contribution in [1.29, 1.82) is 0 Å². The molecule has 0 aliphatic rings. The molecule has 0 aliphatic heterocycles. The number of rotatable bonds is 15. The molecule has 13 heteroatoms. The van der Waals surface area contributed by atoms with Crippen LogP contribution in [-0.2, 0) is 14.8 Å². The van der Waals surface area contributed by atoms with E-state index in [-0.39, 0.29) is 43.4 Å². The van der Waals surface area contributed by atoms with Crippen LogP contribution in [0.15, 0.2) is 29.2 Å². The van der Waals surface area contributed by atoms with Crippen molar-refractivity contribution < 1.29 is 38.6 Å². The molecule has 0 saturated carbocycles. The zero-order chi connectivity index (χ0) is 24.6. The lowest BCUT2D eigenvalue weighted by Gasteiger charge is -2.17. The summed E-state index contributed by atoms with van der Waals surface area (Å²) in [5.74, 6) is -0.877. The van der Waals surface area contributed by atoms with Gasteiger partial charge in [0.15, 0.2) is 0 Å². The molecule has 0 unspecified atom stereocenters. The van der Waals surface area contributed by atoms with Gasteiger partial charge in [0.2, 0.25) is 10.0 Å². The Kier molecular flexibility index (Phi) is 15.4. The van der Waals surface area contributed by atoms with Crippen molar-refractivity contribution >= 4 is 21.7 Å². The van der Waals surface area contributed by atoms with Gasteiger partial charge < -0.3 is 20.4 Å². The summed E-state index contributed by atoms with van der Waals surface area (Å²) in [5, 5.41) is 44.7. The number of unbranched alkanes of at least 4 members (excludes halogenated alkanes) is 2.